The van der Waals surface area contributed by atoms with Crippen LogP contribution in [0.25, 0.3) is 5.69 Å². The molecular weight excluding hydrogens is 334 g/mol. The highest BCUT2D eigenvalue weighted by Crippen LogP contribution is 2.36. The summed E-state index contributed by atoms with van der Waals surface area (Å²) in [6.45, 7) is 2.59. The van der Waals surface area contributed by atoms with Gasteiger partial charge in [-0.3, -0.25) is 4.79 Å². The molecule has 3 aromatic rings. The van der Waals surface area contributed by atoms with Crippen LogP contribution < -0.4 is 5.32 Å². The van der Waals surface area contributed by atoms with E-state index in [0.717, 1.165) is 23.4 Å². The van der Waals surface area contributed by atoms with Gasteiger partial charge < -0.3 is 14.6 Å². The topological polar surface area (TPSA) is 56.2 Å². The number of carbonyl (C=O) groups is 1. The van der Waals surface area contributed by atoms with E-state index >= 15 is 0 Å². The number of imidazole rings is 1. The summed E-state index contributed by atoms with van der Waals surface area (Å²) in [5.74, 6) is -0.318. The molecule has 0 saturated carbocycles. The molecule has 0 fully saturated rings. The fourth-order valence-corrected chi connectivity index (χ4v) is 4.08. The fourth-order valence-electron chi connectivity index (χ4n) is 3.18. The minimum absolute atomic E-state index is 0.0448. The summed E-state index contributed by atoms with van der Waals surface area (Å²) in [5.41, 5.74) is 2.81. The van der Waals surface area contributed by atoms with E-state index in [-0.39, 0.29) is 17.9 Å². The van der Waals surface area contributed by atoms with E-state index in [1.54, 1.807) is 23.9 Å². The van der Waals surface area contributed by atoms with E-state index in [1.807, 2.05) is 42.0 Å². The van der Waals surface area contributed by atoms with Crippen LogP contribution in [0.2, 0.25) is 0 Å². The number of thiophene rings is 1. The minimum atomic E-state index is -0.274. The van der Waals surface area contributed by atoms with Crippen molar-refractivity contribution in [3.05, 3.63) is 64.9 Å². The highest BCUT2D eigenvalue weighted by molar-refractivity contribution is 7.10. The number of hydrogen-bond acceptors (Lipinski definition) is 4. The molecule has 3 heterocycles. The Morgan fingerprint density at radius 3 is 3.12 bits per heavy atom. The van der Waals surface area contributed by atoms with Crippen molar-refractivity contribution in [2.45, 2.75) is 19.4 Å². The van der Waals surface area contributed by atoms with E-state index in [0.29, 0.717) is 6.61 Å². The normalized spacial score (nSPS) is 17.7. The van der Waals surface area contributed by atoms with Crippen LogP contribution in [0, 0.1) is 5.92 Å². The van der Waals surface area contributed by atoms with E-state index in [2.05, 4.69) is 21.7 Å². The average molecular weight is 353 g/mol. The maximum atomic E-state index is 12.9. The Bertz CT molecular complexity index is 872. The van der Waals surface area contributed by atoms with Crippen LogP contribution in [-0.2, 0) is 16.0 Å². The average Bonchev–Trinajstić information content (AvgIpc) is 3.32. The molecule has 1 N–H and O–H groups in total. The van der Waals surface area contributed by atoms with Gasteiger partial charge in [-0.1, -0.05) is 19.1 Å². The molecule has 0 spiro atoms. The van der Waals surface area contributed by atoms with Crippen molar-refractivity contribution in [1.29, 1.82) is 0 Å². The van der Waals surface area contributed by atoms with Gasteiger partial charge in [-0.2, -0.15) is 0 Å². The lowest BCUT2D eigenvalue weighted by Crippen LogP contribution is -2.30. The van der Waals surface area contributed by atoms with Crippen LogP contribution in [0.4, 0.5) is 5.69 Å². The van der Waals surface area contributed by atoms with Gasteiger partial charge in [-0.15, -0.1) is 11.3 Å². The monoisotopic (exact) mass is 353 g/mol. The number of fused-ring (bicyclic) bond motifs is 1. The molecule has 0 saturated heterocycles. The first-order chi connectivity index (χ1) is 12.2. The minimum Gasteiger partial charge on any atom is -0.372 e. The summed E-state index contributed by atoms with van der Waals surface area (Å²) in [6, 6.07) is 9.78. The number of nitrogens with one attached hydrogen (secondary N) is 1. The molecule has 1 aliphatic rings. The Labute approximate surface area is 150 Å². The quantitative estimate of drug-likeness (QED) is 0.776. The summed E-state index contributed by atoms with van der Waals surface area (Å²) in [5, 5.41) is 5.13. The van der Waals surface area contributed by atoms with Crippen LogP contribution >= 0.6 is 11.3 Å². The summed E-state index contributed by atoms with van der Waals surface area (Å²) in [7, 11) is 0. The Hall–Kier alpha value is -2.44. The molecule has 0 radical (unpaired) electrons. The van der Waals surface area contributed by atoms with Crippen LogP contribution in [0.1, 0.15) is 23.5 Å². The number of amides is 1. The maximum Gasteiger partial charge on any atom is 0.230 e. The molecule has 128 valence electrons. The zero-order valence-corrected chi connectivity index (χ0v) is 14.7. The standard InChI is InChI=1S/C19H19N3O2S/c1-13(18-14-7-11-25-17(14)6-10-24-18)19(23)21-15-4-2-3-5-16(15)22-9-8-20-12-22/h2-5,7-9,11-13,18H,6,10H2,1H3,(H,21,23)/t13-,18-/m0/s1. The van der Waals surface area contributed by atoms with E-state index < -0.39 is 0 Å². The van der Waals surface area contributed by atoms with Crippen molar-refractivity contribution < 1.29 is 9.53 Å². The lowest BCUT2D eigenvalue weighted by Gasteiger charge is -2.28. The number of aromatic nitrogens is 2. The van der Waals surface area contributed by atoms with Crippen molar-refractivity contribution in [2.24, 2.45) is 5.92 Å². The third kappa shape index (κ3) is 3.10. The molecule has 0 unspecified atom stereocenters. The van der Waals surface area contributed by atoms with Gasteiger partial charge >= 0.3 is 0 Å². The summed E-state index contributed by atoms with van der Waals surface area (Å²) in [6.07, 6.45) is 6.04. The fraction of sp³-hybridized carbons (Fsp3) is 0.263. The maximum absolute atomic E-state index is 12.9. The second-order valence-corrected chi connectivity index (χ2v) is 7.11. The van der Waals surface area contributed by atoms with E-state index in [9.17, 15) is 4.79 Å². The number of nitrogens with zero attached hydrogens (tertiary/aromatic N) is 2. The Morgan fingerprint density at radius 2 is 2.28 bits per heavy atom. The van der Waals surface area contributed by atoms with Gasteiger partial charge in [0.25, 0.3) is 0 Å². The third-order valence-electron chi connectivity index (χ3n) is 4.53. The second-order valence-electron chi connectivity index (χ2n) is 6.11. The van der Waals surface area contributed by atoms with Crippen LogP contribution in [0.3, 0.4) is 0 Å². The molecule has 2 atom stereocenters. The molecular formula is C19H19N3O2S. The number of carbonyl (C=O) groups excluding carboxylic acids is 1. The Morgan fingerprint density at radius 1 is 1.40 bits per heavy atom. The molecule has 5 nitrogen and oxygen atoms in total. The van der Waals surface area contributed by atoms with Crippen LogP contribution in [0.15, 0.2) is 54.4 Å². The number of rotatable bonds is 4. The van der Waals surface area contributed by atoms with Gasteiger partial charge in [0.05, 0.1) is 36.3 Å². The van der Waals surface area contributed by atoms with Crippen LogP contribution in [0.5, 0.6) is 0 Å². The zero-order chi connectivity index (χ0) is 17.2. The predicted octanol–water partition coefficient (Wildman–Crippen LogP) is 3.82. The SMILES string of the molecule is C[C@H](C(=O)Nc1ccccc1-n1ccnc1)[C@@H]1OCCc2sccc21. The highest BCUT2D eigenvalue weighted by atomic mass is 32.1. The third-order valence-corrected chi connectivity index (χ3v) is 5.52. The van der Waals surface area contributed by atoms with Crippen molar-refractivity contribution >= 4 is 22.9 Å². The second kappa shape index (κ2) is 6.82. The molecule has 4 rings (SSSR count). The summed E-state index contributed by atoms with van der Waals surface area (Å²) < 4.78 is 7.80. The van der Waals surface area contributed by atoms with Crippen molar-refractivity contribution in [3.8, 4) is 5.69 Å². The molecule has 6 heteroatoms. The van der Waals surface area contributed by atoms with E-state index in [4.69, 9.17) is 4.74 Å². The molecule has 1 aliphatic heterocycles. The van der Waals surface area contributed by atoms with Gasteiger partial charge in [0.1, 0.15) is 0 Å². The number of para-hydroxylation sites is 2. The van der Waals surface area contributed by atoms with Crippen molar-refractivity contribution in [1.82, 2.24) is 9.55 Å². The van der Waals surface area contributed by atoms with Gasteiger partial charge in [0.2, 0.25) is 5.91 Å². The molecule has 0 aliphatic carbocycles. The smallest absolute Gasteiger partial charge is 0.230 e. The number of hydrogen-bond donors (Lipinski definition) is 1. The number of anilines is 1. The molecule has 25 heavy (non-hydrogen) atoms. The van der Waals surface area contributed by atoms with Gasteiger partial charge in [0, 0.05) is 23.7 Å². The Balaban J connectivity index is 1.56. The molecule has 1 aromatic carbocycles. The molecule has 0 bridgehead atoms. The number of benzene rings is 1. The van der Waals surface area contributed by atoms with E-state index in [1.165, 1.54) is 4.88 Å². The first-order valence-electron chi connectivity index (χ1n) is 8.30. The highest BCUT2D eigenvalue weighted by Gasteiger charge is 2.31. The number of ether oxygens (including phenoxy) is 1. The largest absolute Gasteiger partial charge is 0.372 e. The van der Waals surface area contributed by atoms with Gasteiger partial charge in [-0.25, -0.2) is 4.98 Å². The first-order valence-corrected chi connectivity index (χ1v) is 9.18. The van der Waals surface area contributed by atoms with Gasteiger partial charge in [0.15, 0.2) is 0 Å². The lowest BCUT2D eigenvalue weighted by molar-refractivity contribution is -0.125. The zero-order valence-electron chi connectivity index (χ0n) is 13.9. The van der Waals surface area contributed by atoms with Crippen LogP contribution in [-0.4, -0.2) is 22.1 Å². The van der Waals surface area contributed by atoms with Crippen molar-refractivity contribution in [3.63, 3.8) is 0 Å². The summed E-state index contributed by atoms with van der Waals surface area (Å²) >= 11 is 1.74. The predicted molar refractivity (Wildman–Crippen MR) is 98.1 cm³/mol. The lowest BCUT2D eigenvalue weighted by atomic mass is 9.94. The van der Waals surface area contributed by atoms with Crippen molar-refractivity contribution in [2.75, 3.05) is 11.9 Å². The Kier molecular flexibility index (Phi) is 4.38. The van der Waals surface area contributed by atoms with Gasteiger partial charge in [-0.05, 0) is 29.1 Å². The summed E-state index contributed by atoms with van der Waals surface area (Å²) in [4.78, 5) is 18.3. The first kappa shape index (κ1) is 16.1. The molecule has 1 amide bonds. The molecule has 2 aromatic heterocycles.